The lowest BCUT2D eigenvalue weighted by atomic mass is 10.1. The molecule has 0 fully saturated rings. The van der Waals surface area contributed by atoms with Gasteiger partial charge in [0.05, 0.1) is 19.3 Å². The van der Waals surface area contributed by atoms with Crippen molar-refractivity contribution in [3.05, 3.63) is 66.5 Å². The molecule has 28 heavy (non-hydrogen) atoms. The highest BCUT2D eigenvalue weighted by molar-refractivity contribution is 5.89. The number of halogens is 1. The van der Waals surface area contributed by atoms with Gasteiger partial charge >= 0.3 is 6.03 Å². The maximum atomic E-state index is 13.0. The molecule has 0 unspecified atom stereocenters. The number of ether oxygens (including phenoxy) is 2. The first kappa shape index (κ1) is 19.1. The number of aromatic nitrogens is 2. The normalized spacial score (nSPS) is 10.2. The van der Waals surface area contributed by atoms with E-state index in [0.717, 1.165) is 5.56 Å². The molecule has 3 aromatic rings. The minimum atomic E-state index is -0.352. The maximum absolute atomic E-state index is 13.0. The Morgan fingerprint density at radius 3 is 2.61 bits per heavy atom. The van der Waals surface area contributed by atoms with Crippen LogP contribution in [-0.2, 0) is 0 Å². The minimum Gasteiger partial charge on any atom is -0.497 e. The van der Waals surface area contributed by atoms with Gasteiger partial charge in [-0.15, -0.1) is 10.2 Å². The number of urea groups is 1. The summed E-state index contributed by atoms with van der Waals surface area (Å²) in [6, 6.07) is 16.1. The lowest BCUT2D eigenvalue weighted by Crippen LogP contribution is -2.32. The highest BCUT2D eigenvalue weighted by Gasteiger charge is 2.04. The third kappa shape index (κ3) is 5.41. The second-order valence-corrected chi connectivity index (χ2v) is 5.73. The Labute approximate surface area is 161 Å². The van der Waals surface area contributed by atoms with Crippen LogP contribution in [0.3, 0.4) is 0 Å². The van der Waals surface area contributed by atoms with Gasteiger partial charge in [-0.3, -0.25) is 0 Å². The molecule has 3 rings (SSSR count). The fourth-order valence-corrected chi connectivity index (χ4v) is 2.37. The summed E-state index contributed by atoms with van der Waals surface area (Å²) in [5.74, 6) is 0.684. The molecular formula is C20H19FN4O3. The van der Waals surface area contributed by atoms with Crippen molar-refractivity contribution in [1.82, 2.24) is 15.5 Å². The number of benzene rings is 2. The van der Waals surface area contributed by atoms with E-state index in [0.29, 0.717) is 23.0 Å². The zero-order valence-electron chi connectivity index (χ0n) is 15.2. The first-order valence-electron chi connectivity index (χ1n) is 8.55. The summed E-state index contributed by atoms with van der Waals surface area (Å²) in [4.78, 5) is 11.9. The monoisotopic (exact) mass is 382 g/mol. The summed E-state index contributed by atoms with van der Waals surface area (Å²) in [6.45, 7) is 0.521. The zero-order chi connectivity index (χ0) is 19.8. The first-order chi connectivity index (χ1) is 13.6. The molecule has 0 aliphatic heterocycles. The third-order valence-electron chi connectivity index (χ3n) is 3.75. The van der Waals surface area contributed by atoms with Crippen molar-refractivity contribution in [2.45, 2.75) is 0 Å². The molecule has 2 aromatic carbocycles. The fourth-order valence-electron chi connectivity index (χ4n) is 2.37. The number of nitrogens with zero attached hydrogens (tertiary/aromatic N) is 2. The number of anilines is 1. The van der Waals surface area contributed by atoms with Crippen LogP contribution in [0.4, 0.5) is 14.9 Å². The minimum absolute atomic E-state index is 0.232. The van der Waals surface area contributed by atoms with Crippen LogP contribution in [0, 0.1) is 5.82 Å². The van der Waals surface area contributed by atoms with E-state index >= 15 is 0 Å². The Balaban J connectivity index is 1.42. The summed E-state index contributed by atoms with van der Waals surface area (Å²) in [5, 5.41) is 13.4. The molecule has 0 aliphatic carbocycles. The first-order valence-corrected chi connectivity index (χ1v) is 8.55. The molecule has 144 valence electrons. The van der Waals surface area contributed by atoms with Gasteiger partial charge in [-0.25, -0.2) is 9.18 Å². The molecule has 2 amide bonds. The topological polar surface area (TPSA) is 85.4 Å². The smallest absolute Gasteiger partial charge is 0.319 e. The van der Waals surface area contributed by atoms with Crippen molar-refractivity contribution in [3.63, 3.8) is 0 Å². The van der Waals surface area contributed by atoms with Crippen LogP contribution in [0.2, 0.25) is 0 Å². The number of methoxy groups -OCH3 is 1. The number of nitrogens with one attached hydrogen (secondary N) is 2. The average molecular weight is 382 g/mol. The highest BCUT2D eigenvalue weighted by atomic mass is 19.1. The maximum Gasteiger partial charge on any atom is 0.319 e. The van der Waals surface area contributed by atoms with E-state index in [1.54, 1.807) is 55.6 Å². The Hall–Kier alpha value is -3.68. The predicted octanol–water partition coefficient (Wildman–Crippen LogP) is 3.49. The molecule has 1 aromatic heterocycles. The third-order valence-corrected chi connectivity index (χ3v) is 3.75. The lowest BCUT2D eigenvalue weighted by Gasteiger charge is -2.09. The summed E-state index contributed by atoms with van der Waals surface area (Å²) >= 11 is 0. The predicted molar refractivity (Wildman–Crippen MR) is 103 cm³/mol. The van der Waals surface area contributed by atoms with Crippen molar-refractivity contribution in [1.29, 1.82) is 0 Å². The van der Waals surface area contributed by atoms with Gasteiger partial charge < -0.3 is 20.1 Å². The van der Waals surface area contributed by atoms with E-state index in [4.69, 9.17) is 9.47 Å². The molecule has 0 aliphatic rings. The second-order valence-electron chi connectivity index (χ2n) is 5.73. The van der Waals surface area contributed by atoms with Crippen LogP contribution in [0.15, 0.2) is 60.7 Å². The van der Waals surface area contributed by atoms with Crippen molar-refractivity contribution in [2.24, 2.45) is 0 Å². The van der Waals surface area contributed by atoms with Crippen LogP contribution in [0.5, 0.6) is 11.6 Å². The number of amides is 2. The molecule has 7 nitrogen and oxygen atoms in total. The molecule has 8 heteroatoms. The van der Waals surface area contributed by atoms with Crippen LogP contribution in [0.25, 0.3) is 11.3 Å². The Kier molecular flexibility index (Phi) is 6.35. The van der Waals surface area contributed by atoms with Gasteiger partial charge in [0, 0.05) is 23.4 Å². The molecule has 1 heterocycles. The summed E-state index contributed by atoms with van der Waals surface area (Å²) in [6.07, 6.45) is 0. The number of rotatable bonds is 7. The van der Waals surface area contributed by atoms with Crippen molar-refractivity contribution in [2.75, 3.05) is 25.6 Å². The van der Waals surface area contributed by atoms with Gasteiger partial charge in [0.15, 0.2) is 0 Å². The van der Waals surface area contributed by atoms with Gasteiger partial charge in [0.25, 0.3) is 0 Å². The van der Waals surface area contributed by atoms with Crippen LogP contribution in [0.1, 0.15) is 0 Å². The van der Waals surface area contributed by atoms with E-state index < -0.39 is 0 Å². The molecule has 0 spiro atoms. The number of hydrogen-bond acceptors (Lipinski definition) is 5. The van der Waals surface area contributed by atoms with E-state index in [-0.39, 0.29) is 25.0 Å². The second kappa shape index (κ2) is 9.31. The van der Waals surface area contributed by atoms with E-state index in [1.807, 2.05) is 0 Å². The van der Waals surface area contributed by atoms with Gasteiger partial charge in [0.2, 0.25) is 5.88 Å². The Bertz CT molecular complexity index is 917. The van der Waals surface area contributed by atoms with E-state index in [1.165, 1.54) is 12.1 Å². The lowest BCUT2D eigenvalue weighted by molar-refractivity contribution is 0.246. The Morgan fingerprint density at radius 2 is 1.89 bits per heavy atom. The number of carbonyl (C=O) groups is 1. The summed E-state index contributed by atoms with van der Waals surface area (Å²) in [5.41, 5.74) is 2.00. The molecular weight excluding hydrogens is 363 g/mol. The van der Waals surface area contributed by atoms with Crippen molar-refractivity contribution in [3.8, 4) is 22.9 Å². The summed E-state index contributed by atoms with van der Waals surface area (Å²) in [7, 11) is 1.56. The highest BCUT2D eigenvalue weighted by Crippen LogP contribution is 2.18. The molecule has 0 saturated carbocycles. The fraction of sp³-hybridized carbons (Fsp3) is 0.150. The molecule has 2 N–H and O–H groups in total. The van der Waals surface area contributed by atoms with Crippen LogP contribution < -0.4 is 20.1 Å². The zero-order valence-corrected chi connectivity index (χ0v) is 15.2. The van der Waals surface area contributed by atoms with E-state index in [9.17, 15) is 9.18 Å². The van der Waals surface area contributed by atoms with Crippen molar-refractivity contribution < 1.29 is 18.7 Å². The molecule has 0 saturated heterocycles. The van der Waals surface area contributed by atoms with Crippen LogP contribution in [-0.4, -0.2) is 36.5 Å². The van der Waals surface area contributed by atoms with Crippen molar-refractivity contribution >= 4 is 11.7 Å². The van der Waals surface area contributed by atoms with Gasteiger partial charge in [-0.05, 0) is 42.5 Å². The molecule has 0 atom stereocenters. The number of hydrogen-bond donors (Lipinski definition) is 2. The number of carbonyl (C=O) groups excluding carboxylic acids is 1. The van der Waals surface area contributed by atoms with Gasteiger partial charge in [-0.1, -0.05) is 6.07 Å². The van der Waals surface area contributed by atoms with Gasteiger partial charge in [-0.2, -0.15) is 0 Å². The Morgan fingerprint density at radius 1 is 1.07 bits per heavy atom. The standard InChI is InChI=1S/C20H19FN4O3/c1-27-17-4-2-3-16(13-17)23-20(26)22-11-12-28-19-10-9-18(24-25-19)14-5-7-15(21)8-6-14/h2-10,13H,11-12H2,1H3,(H2,22,23,26). The van der Waals surface area contributed by atoms with Gasteiger partial charge in [0.1, 0.15) is 18.2 Å². The largest absolute Gasteiger partial charge is 0.497 e. The SMILES string of the molecule is COc1cccc(NC(=O)NCCOc2ccc(-c3ccc(F)cc3)nn2)c1. The molecule has 0 radical (unpaired) electrons. The van der Waals surface area contributed by atoms with Crippen LogP contribution >= 0.6 is 0 Å². The quantitative estimate of drug-likeness (QED) is 0.611. The average Bonchev–Trinajstić information content (AvgIpc) is 2.72. The molecule has 0 bridgehead atoms. The summed E-state index contributed by atoms with van der Waals surface area (Å²) < 4.78 is 23.5. The van der Waals surface area contributed by atoms with E-state index in [2.05, 4.69) is 20.8 Å².